The van der Waals surface area contributed by atoms with Gasteiger partial charge in [-0.25, -0.2) is 13.7 Å². The number of nitrogens with one attached hydrogen (secondary N) is 1. The molecule has 1 unspecified atom stereocenters. The van der Waals surface area contributed by atoms with E-state index in [0.717, 1.165) is 75.1 Å². The van der Waals surface area contributed by atoms with Gasteiger partial charge in [0, 0.05) is 25.1 Å². The van der Waals surface area contributed by atoms with Crippen molar-refractivity contribution < 1.29 is 70.4 Å². The Morgan fingerprint density at radius 3 is 1.41 bits per heavy atom. The molecule has 2 aromatic carbocycles. The summed E-state index contributed by atoms with van der Waals surface area (Å²) in [5.41, 5.74) is -3.12. The molecule has 1 aliphatic rings. The van der Waals surface area contributed by atoms with E-state index in [0.29, 0.717) is 24.0 Å². The molecule has 2 heterocycles. The summed E-state index contributed by atoms with van der Waals surface area (Å²) in [6.07, 6.45) is 22.4. The fourth-order valence-corrected chi connectivity index (χ4v) is 12.0. The zero-order valence-electron chi connectivity index (χ0n) is 49.8. The summed E-state index contributed by atoms with van der Waals surface area (Å²) in [5, 5.41) is 21.8. The van der Waals surface area contributed by atoms with E-state index in [1.54, 1.807) is 0 Å². The molecule has 1 aromatic heterocycles. The quantitative estimate of drug-likeness (QED) is 0.0157. The number of ether oxygens (including phenoxy) is 3. The van der Waals surface area contributed by atoms with Crippen molar-refractivity contribution in [3.05, 3.63) is 92.8 Å². The molecule has 0 spiro atoms. The van der Waals surface area contributed by atoms with Crippen molar-refractivity contribution in [2.75, 3.05) is 32.8 Å². The first-order valence-corrected chi connectivity index (χ1v) is 33.1. The van der Waals surface area contributed by atoms with E-state index in [2.05, 4.69) is 41.5 Å². The number of aliphatic hydroxyl groups is 2. The third-order valence-electron chi connectivity index (χ3n) is 14.5. The van der Waals surface area contributed by atoms with Gasteiger partial charge in [-0.15, -0.1) is 0 Å². The highest BCUT2D eigenvalue weighted by Gasteiger charge is 2.54. The van der Waals surface area contributed by atoms with E-state index in [4.69, 9.17) is 32.1 Å². The molecule has 81 heavy (non-hydrogen) atoms. The average molecular weight is 1180 g/mol. The Labute approximate surface area is 482 Å². The van der Waals surface area contributed by atoms with Crippen LogP contribution in [-0.4, -0.2) is 86.8 Å². The van der Waals surface area contributed by atoms with Crippen LogP contribution in [0.5, 0.6) is 11.5 Å². The molecule has 1 fully saturated rings. The first-order valence-electron chi connectivity index (χ1n) is 30.2. The molecule has 0 aliphatic carbocycles. The molecule has 0 radical (unpaired) electrons. The van der Waals surface area contributed by atoms with E-state index in [1.165, 1.54) is 156 Å². The number of hydrogen-bond donors (Lipinski definition) is 3. The Morgan fingerprint density at radius 1 is 0.617 bits per heavy atom. The summed E-state index contributed by atoms with van der Waals surface area (Å²) in [6, 6.07) is 13.0. The minimum Gasteiger partial charge on any atom is -0.756 e. The van der Waals surface area contributed by atoms with Crippen LogP contribution in [0.1, 0.15) is 220 Å². The van der Waals surface area contributed by atoms with Gasteiger partial charge in [0.1, 0.15) is 29.3 Å². The Bertz CT molecular complexity index is 2310. The maximum atomic E-state index is 14.0. The lowest BCUT2D eigenvalue weighted by molar-refractivity contribution is -0.929. The van der Waals surface area contributed by atoms with Gasteiger partial charge in [-0.2, -0.15) is 0 Å². The zero-order valence-corrected chi connectivity index (χ0v) is 51.6. The van der Waals surface area contributed by atoms with Crippen molar-refractivity contribution in [2.45, 2.75) is 240 Å². The lowest BCUT2D eigenvalue weighted by Crippen LogP contribution is -2.50. The van der Waals surface area contributed by atoms with Gasteiger partial charge in [-0.05, 0) is 80.8 Å². The molecule has 3 N–H and O–H groups in total. The maximum Gasteiger partial charge on any atom is 0.481 e. The number of quaternary nitrogens is 1. The third-order valence-corrected chi connectivity index (χ3v) is 17.4. The summed E-state index contributed by atoms with van der Waals surface area (Å²) >= 11 is 0. The van der Waals surface area contributed by atoms with Crippen LogP contribution in [-0.2, 0) is 54.6 Å². The lowest BCUT2D eigenvalue weighted by atomic mass is 9.96. The van der Waals surface area contributed by atoms with Gasteiger partial charge in [-0.3, -0.25) is 37.5 Å². The molecule has 3 aromatic rings. The predicted molar refractivity (Wildman–Crippen MR) is 312 cm³/mol. The van der Waals surface area contributed by atoms with E-state index in [1.807, 2.05) is 4.98 Å². The standard InChI is InChI=1S/C44H64N2O16P2.C16H36N/c1-4-6-8-10-12-14-16-18-39(48)59-35-24-20-33(21-25-35)30-57-64(55,58-31-34-22-26-36(27-23-34)60-40(49)19-17-15-13-11-9-7-5-2)62-63(53,54)56-32-37-41(50)44(3,52)42(61-37)46-29-28-38(47)45-43(46)51;1-5-9-13-17(14-10-6-2,15-11-7-3)16-12-8-4/h20-29,37,41-42,50,52H,4-19,30-32H2,1-3H3,(H,53,54)(H,45,47,51);5-16H2,1-4H3/q;+1/p-1/t37-,41-,42-,44-;/m1./s1. The number of phosphoric acid groups is 2. The predicted octanol–water partition coefficient (Wildman–Crippen LogP) is 12.7. The number of hydrogen-bond acceptors (Lipinski definition) is 16. The number of aliphatic hydroxyl groups excluding tert-OH is 1. The van der Waals surface area contributed by atoms with E-state index < -0.39 is 70.8 Å². The molecule has 1 saturated heterocycles. The third kappa shape index (κ3) is 27.6. The molecular formula is C60H99N3O16P2. The summed E-state index contributed by atoms with van der Waals surface area (Å²) < 4.78 is 66.7. The van der Waals surface area contributed by atoms with Crippen molar-refractivity contribution in [3.8, 4) is 11.5 Å². The van der Waals surface area contributed by atoms with E-state index >= 15 is 0 Å². The SMILES string of the molecule is CCCCCCCCCC(=O)Oc1ccc(COP(=O)(OCc2ccc(OC(=O)CCCCCCCCC)cc2)OP(=O)([O-])OC[C@H]2O[C@@H](n3ccc(=O)[nH]c3=O)[C@](C)(O)[C@@H]2O)cc1.CCCC[N+](CCCC)(CCCC)CCCC. The smallest absolute Gasteiger partial charge is 0.481 e. The monoisotopic (exact) mass is 1180 g/mol. The molecule has 0 saturated carbocycles. The minimum absolute atomic E-state index is 0.264. The molecule has 1 aliphatic heterocycles. The molecular weight excluding hydrogens is 1080 g/mol. The minimum atomic E-state index is -5.64. The number of aromatic amines is 1. The van der Waals surface area contributed by atoms with Crippen LogP contribution in [0.2, 0.25) is 0 Å². The number of rotatable bonds is 42. The molecule has 0 amide bonds. The van der Waals surface area contributed by atoms with Gasteiger partial charge in [0.2, 0.25) is 0 Å². The van der Waals surface area contributed by atoms with Crippen LogP contribution in [0.3, 0.4) is 0 Å². The number of aromatic nitrogens is 2. The van der Waals surface area contributed by atoms with Gasteiger partial charge < -0.3 is 38.3 Å². The second-order valence-electron chi connectivity index (χ2n) is 21.7. The van der Waals surface area contributed by atoms with Crippen LogP contribution >= 0.6 is 15.6 Å². The van der Waals surface area contributed by atoms with Crippen molar-refractivity contribution in [1.29, 1.82) is 0 Å². The first-order chi connectivity index (χ1) is 38.8. The summed E-state index contributed by atoms with van der Waals surface area (Å²) in [7, 11) is -10.7. The van der Waals surface area contributed by atoms with Crippen LogP contribution in [0.4, 0.5) is 0 Å². The molecule has 460 valence electrons. The lowest BCUT2D eigenvalue weighted by Gasteiger charge is -2.39. The van der Waals surface area contributed by atoms with Gasteiger partial charge >= 0.3 is 25.5 Å². The van der Waals surface area contributed by atoms with Crippen LogP contribution < -0.4 is 25.6 Å². The van der Waals surface area contributed by atoms with Crippen LogP contribution in [0, 0.1) is 0 Å². The molecule has 21 heteroatoms. The van der Waals surface area contributed by atoms with Gasteiger partial charge in [0.25, 0.3) is 13.4 Å². The maximum absolute atomic E-state index is 14.0. The van der Waals surface area contributed by atoms with Crippen molar-refractivity contribution in [3.63, 3.8) is 0 Å². The number of carbonyl (C=O) groups is 2. The number of phosphoric ester groups is 2. The van der Waals surface area contributed by atoms with Gasteiger partial charge in [0.15, 0.2) is 6.23 Å². The van der Waals surface area contributed by atoms with E-state index in [9.17, 15) is 43.4 Å². The summed E-state index contributed by atoms with van der Waals surface area (Å²) in [5.74, 6) is -0.242. The Hall–Kier alpha value is -3.84. The Kier molecular flexibility index (Phi) is 34.3. The largest absolute Gasteiger partial charge is 0.756 e. The highest BCUT2D eigenvalue weighted by atomic mass is 31.3. The fourth-order valence-electron chi connectivity index (χ4n) is 9.46. The number of H-pyrrole nitrogens is 1. The Morgan fingerprint density at radius 2 is 1.01 bits per heavy atom. The second kappa shape index (κ2) is 38.9. The van der Waals surface area contributed by atoms with Crippen molar-refractivity contribution >= 4 is 27.6 Å². The molecule has 0 bridgehead atoms. The van der Waals surface area contributed by atoms with Crippen molar-refractivity contribution in [1.82, 2.24) is 9.55 Å². The van der Waals surface area contributed by atoms with Crippen LogP contribution in [0.15, 0.2) is 70.4 Å². The summed E-state index contributed by atoms with van der Waals surface area (Å²) in [4.78, 5) is 63.9. The van der Waals surface area contributed by atoms with Gasteiger partial charge in [-0.1, -0.05) is 169 Å². The zero-order chi connectivity index (χ0) is 59.6. The topological polar surface area (TPSA) is 251 Å². The average Bonchev–Trinajstić information content (AvgIpc) is 3.94. The molecule has 5 atom stereocenters. The molecule has 4 rings (SSSR count). The second-order valence-corrected chi connectivity index (χ2v) is 24.9. The first kappa shape index (κ1) is 71.4. The fraction of sp³-hybridized carbons (Fsp3) is 0.700. The number of esters is 2. The Balaban J connectivity index is 0.000000870. The highest BCUT2D eigenvalue weighted by molar-refractivity contribution is 7.61. The van der Waals surface area contributed by atoms with Gasteiger partial charge in [0.05, 0.1) is 46.0 Å². The van der Waals surface area contributed by atoms with E-state index in [-0.39, 0.29) is 36.3 Å². The van der Waals surface area contributed by atoms with Crippen LogP contribution in [0.25, 0.3) is 0 Å². The number of nitrogens with zero attached hydrogens (tertiary/aromatic N) is 2. The highest BCUT2D eigenvalue weighted by Crippen LogP contribution is 2.62. The number of carbonyl (C=O) groups excluding carboxylic acids is 2. The normalized spacial score (nSPS) is 18.0. The van der Waals surface area contributed by atoms with Crippen molar-refractivity contribution in [2.24, 2.45) is 0 Å². The summed E-state index contributed by atoms with van der Waals surface area (Å²) in [6.45, 7) is 18.5. The number of benzene rings is 2. The molecule has 19 nitrogen and oxygen atoms in total. The number of unbranched alkanes of at least 4 members (excludes halogenated alkanes) is 16.